The van der Waals surface area contributed by atoms with Crippen molar-refractivity contribution < 1.29 is 0 Å². The molecule has 0 amide bonds. The van der Waals surface area contributed by atoms with Crippen LogP contribution in [0, 0.1) is 0 Å². The molecule has 0 aromatic heterocycles. The topological polar surface area (TPSA) is 29.3 Å². The summed E-state index contributed by atoms with van der Waals surface area (Å²) in [5.41, 5.74) is 8.19. The molecule has 0 aliphatic carbocycles. The highest BCUT2D eigenvalue weighted by atomic mass is 15.2. The van der Waals surface area contributed by atoms with Crippen molar-refractivity contribution >= 4 is 5.69 Å². The van der Waals surface area contributed by atoms with Crippen LogP contribution in [0.5, 0.6) is 0 Å². The summed E-state index contributed by atoms with van der Waals surface area (Å²) in [5, 5.41) is 0. The molecular formula is C14H22N2. The molecule has 1 fully saturated rings. The van der Waals surface area contributed by atoms with E-state index in [0.29, 0.717) is 12.6 Å². The molecule has 1 aliphatic rings. The van der Waals surface area contributed by atoms with Gasteiger partial charge in [-0.25, -0.2) is 0 Å². The van der Waals surface area contributed by atoms with E-state index in [1.54, 1.807) is 0 Å². The van der Waals surface area contributed by atoms with E-state index in [0.717, 1.165) is 6.04 Å². The third-order valence-corrected chi connectivity index (χ3v) is 3.73. The minimum absolute atomic E-state index is 0.632. The first-order chi connectivity index (χ1) is 7.76. The summed E-state index contributed by atoms with van der Waals surface area (Å²) in [5.74, 6) is 0. The number of hydrogen-bond donors (Lipinski definition) is 1. The van der Waals surface area contributed by atoms with Crippen molar-refractivity contribution in [2.75, 3.05) is 4.90 Å². The fraction of sp³-hybridized carbons (Fsp3) is 0.571. The molecule has 2 N–H and O–H groups in total. The van der Waals surface area contributed by atoms with E-state index in [-0.39, 0.29) is 0 Å². The number of hydrogen-bond acceptors (Lipinski definition) is 2. The predicted molar refractivity (Wildman–Crippen MR) is 69.6 cm³/mol. The second-order valence-corrected chi connectivity index (χ2v) is 4.77. The summed E-state index contributed by atoms with van der Waals surface area (Å²) in [6, 6.07) is 10.1. The molecule has 0 bridgehead atoms. The standard InChI is InChI=1S/C14H22N2/c1-3-13-7-4-11(2)16(13)14-8-5-12(10-15)6-9-14/h5-6,8-9,11,13H,3-4,7,10,15H2,1-2H3. The van der Waals surface area contributed by atoms with Gasteiger partial charge >= 0.3 is 0 Å². The van der Waals surface area contributed by atoms with Gasteiger partial charge in [0, 0.05) is 24.3 Å². The van der Waals surface area contributed by atoms with Crippen LogP contribution in [0.2, 0.25) is 0 Å². The largest absolute Gasteiger partial charge is 0.366 e. The molecular weight excluding hydrogens is 196 g/mol. The fourth-order valence-corrected chi connectivity index (χ4v) is 2.74. The van der Waals surface area contributed by atoms with Crippen LogP contribution in [0.4, 0.5) is 5.69 Å². The monoisotopic (exact) mass is 218 g/mol. The highest BCUT2D eigenvalue weighted by Gasteiger charge is 2.28. The van der Waals surface area contributed by atoms with Crippen LogP contribution >= 0.6 is 0 Å². The van der Waals surface area contributed by atoms with E-state index < -0.39 is 0 Å². The maximum absolute atomic E-state index is 5.62. The molecule has 0 saturated carbocycles. The molecule has 1 aromatic carbocycles. The minimum atomic E-state index is 0.632. The molecule has 2 rings (SSSR count). The number of nitrogens with two attached hydrogens (primary N) is 1. The van der Waals surface area contributed by atoms with Crippen LogP contribution in [-0.2, 0) is 6.54 Å². The van der Waals surface area contributed by atoms with Crippen molar-refractivity contribution in [2.24, 2.45) is 5.73 Å². The van der Waals surface area contributed by atoms with Gasteiger partial charge in [-0.3, -0.25) is 0 Å². The van der Waals surface area contributed by atoms with E-state index >= 15 is 0 Å². The van der Waals surface area contributed by atoms with Crippen molar-refractivity contribution in [1.29, 1.82) is 0 Å². The van der Waals surface area contributed by atoms with Crippen LogP contribution in [0.1, 0.15) is 38.7 Å². The summed E-state index contributed by atoms with van der Waals surface area (Å²) in [6.07, 6.45) is 3.89. The Balaban J connectivity index is 2.21. The maximum atomic E-state index is 5.62. The molecule has 0 spiro atoms. The van der Waals surface area contributed by atoms with E-state index in [1.807, 2.05) is 0 Å². The zero-order valence-electron chi connectivity index (χ0n) is 10.3. The number of nitrogens with zero attached hydrogens (tertiary/aromatic N) is 1. The van der Waals surface area contributed by atoms with Gasteiger partial charge in [-0.1, -0.05) is 19.1 Å². The molecule has 2 heteroatoms. The zero-order chi connectivity index (χ0) is 11.5. The van der Waals surface area contributed by atoms with Gasteiger partial charge < -0.3 is 10.6 Å². The van der Waals surface area contributed by atoms with Crippen LogP contribution in [0.3, 0.4) is 0 Å². The Morgan fingerprint density at radius 1 is 1.25 bits per heavy atom. The van der Waals surface area contributed by atoms with Crippen molar-refractivity contribution in [2.45, 2.75) is 51.7 Å². The lowest BCUT2D eigenvalue weighted by atomic mass is 10.1. The van der Waals surface area contributed by atoms with Gasteiger partial charge in [0.2, 0.25) is 0 Å². The lowest BCUT2D eigenvalue weighted by Crippen LogP contribution is -2.33. The van der Waals surface area contributed by atoms with Crippen molar-refractivity contribution in [3.63, 3.8) is 0 Å². The Morgan fingerprint density at radius 3 is 2.50 bits per heavy atom. The lowest BCUT2D eigenvalue weighted by Gasteiger charge is -2.30. The first-order valence-corrected chi connectivity index (χ1v) is 6.33. The van der Waals surface area contributed by atoms with Gasteiger partial charge in [0.15, 0.2) is 0 Å². The van der Waals surface area contributed by atoms with Gasteiger partial charge in [0.25, 0.3) is 0 Å². The van der Waals surface area contributed by atoms with Gasteiger partial charge in [0.1, 0.15) is 0 Å². The van der Waals surface area contributed by atoms with E-state index in [1.165, 1.54) is 30.5 Å². The minimum Gasteiger partial charge on any atom is -0.366 e. The first-order valence-electron chi connectivity index (χ1n) is 6.33. The van der Waals surface area contributed by atoms with Crippen LogP contribution < -0.4 is 10.6 Å². The average Bonchev–Trinajstić information content (AvgIpc) is 2.70. The number of rotatable bonds is 3. The highest BCUT2D eigenvalue weighted by molar-refractivity contribution is 5.50. The fourth-order valence-electron chi connectivity index (χ4n) is 2.74. The highest BCUT2D eigenvalue weighted by Crippen LogP contribution is 2.31. The van der Waals surface area contributed by atoms with Gasteiger partial charge in [-0.15, -0.1) is 0 Å². The average molecular weight is 218 g/mol. The third-order valence-electron chi connectivity index (χ3n) is 3.73. The van der Waals surface area contributed by atoms with Gasteiger partial charge in [-0.2, -0.15) is 0 Å². The lowest BCUT2D eigenvalue weighted by molar-refractivity contribution is 0.628. The summed E-state index contributed by atoms with van der Waals surface area (Å²) < 4.78 is 0. The van der Waals surface area contributed by atoms with Gasteiger partial charge in [0.05, 0.1) is 0 Å². The smallest absolute Gasteiger partial charge is 0.0371 e. The van der Waals surface area contributed by atoms with Crippen LogP contribution in [0.15, 0.2) is 24.3 Å². The zero-order valence-corrected chi connectivity index (χ0v) is 10.3. The molecule has 1 saturated heterocycles. The van der Waals surface area contributed by atoms with E-state index in [9.17, 15) is 0 Å². The van der Waals surface area contributed by atoms with Gasteiger partial charge in [-0.05, 0) is 43.9 Å². The second-order valence-electron chi connectivity index (χ2n) is 4.77. The van der Waals surface area contributed by atoms with Crippen molar-refractivity contribution in [3.05, 3.63) is 29.8 Å². The molecule has 16 heavy (non-hydrogen) atoms. The Morgan fingerprint density at radius 2 is 1.94 bits per heavy atom. The predicted octanol–water partition coefficient (Wildman–Crippen LogP) is 2.91. The SMILES string of the molecule is CCC1CCC(C)N1c1ccc(CN)cc1. The summed E-state index contributed by atoms with van der Waals surface area (Å²) in [7, 11) is 0. The summed E-state index contributed by atoms with van der Waals surface area (Å²) >= 11 is 0. The van der Waals surface area contributed by atoms with Crippen LogP contribution in [-0.4, -0.2) is 12.1 Å². The Bertz CT molecular complexity index is 331. The van der Waals surface area contributed by atoms with E-state index in [4.69, 9.17) is 5.73 Å². The molecule has 1 heterocycles. The Hall–Kier alpha value is -1.02. The van der Waals surface area contributed by atoms with Crippen molar-refractivity contribution in [3.8, 4) is 0 Å². The molecule has 2 unspecified atom stereocenters. The quantitative estimate of drug-likeness (QED) is 0.845. The number of anilines is 1. The molecule has 2 nitrogen and oxygen atoms in total. The van der Waals surface area contributed by atoms with Crippen LogP contribution in [0.25, 0.3) is 0 Å². The third kappa shape index (κ3) is 2.07. The molecule has 1 aromatic rings. The first kappa shape index (κ1) is 11.5. The summed E-state index contributed by atoms with van der Waals surface area (Å²) in [4.78, 5) is 2.57. The van der Waals surface area contributed by atoms with Crippen molar-refractivity contribution in [1.82, 2.24) is 0 Å². The maximum Gasteiger partial charge on any atom is 0.0371 e. The molecule has 88 valence electrons. The molecule has 1 aliphatic heterocycles. The molecule has 0 radical (unpaired) electrons. The normalized spacial score (nSPS) is 25.1. The second kappa shape index (κ2) is 4.88. The molecule has 2 atom stereocenters. The summed E-state index contributed by atoms with van der Waals surface area (Å²) in [6.45, 7) is 5.24. The van der Waals surface area contributed by atoms with E-state index in [2.05, 4.69) is 43.0 Å². The Labute approximate surface area is 98.4 Å². The number of benzene rings is 1. The Kier molecular flexibility index (Phi) is 3.49.